The molecule has 1 heterocycles. The molecule has 1 amide bonds. The first-order chi connectivity index (χ1) is 11.7. The van der Waals surface area contributed by atoms with Gasteiger partial charge in [-0.25, -0.2) is 0 Å². The molecule has 0 saturated heterocycles. The molecule has 0 spiro atoms. The molecule has 0 aliphatic carbocycles. The summed E-state index contributed by atoms with van der Waals surface area (Å²) >= 11 is 0. The molecular weight excluding hydrogens is 340 g/mol. The van der Waals surface area contributed by atoms with Crippen molar-refractivity contribution in [2.24, 2.45) is 0 Å². The Hall–Kier alpha value is -2.40. The van der Waals surface area contributed by atoms with E-state index < -0.39 is 0 Å². The number of nitrogens with two attached hydrogens (primary N) is 1. The van der Waals surface area contributed by atoms with Crippen LogP contribution >= 0.6 is 12.4 Å². The van der Waals surface area contributed by atoms with E-state index in [4.69, 9.17) is 15.2 Å². The van der Waals surface area contributed by atoms with Crippen LogP contribution in [0.2, 0.25) is 0 Å². The number of hydrogen-bond acceptors (Lipinski definition) is 4. The first kappa shape index (κ1) is 18.9. The molecule has 0 aromatic heterocycles. The SMILES string of the molecule is CCOc1ccc(OCC(=O)N2CCCc3c(N)cccc32)cc1.Cl. The molecule has 0 fully saturated rings. The van der Waals surface area contributed by atoms with Crippen LogP contribution in [0.15, 0.2) is 42.5 Å². The van der Waals surface area contributed by atoms with E-state index in [1.807, 2.05) is 37.3 Å². The number of nitrogens with zero attached hydrogens (tertiary/aromatic N) is 1. The molecule has 134 valence electrons. The van der Waals surface area contributed by atoms with Crippen molar-refractivity contribution in [2.45, 2.75) is 19.8 Å². The van der Waals surface area contributed by atoms with Gasteiger partial charge < -0.3 is 20.1 Å². The Labute approximate surface area is 154 Å². The van der Waals surface area contributed by atoms with Crippen LogP contribution in [-0.4, -0.2) is 25.7 Å². The van der Waals surface area contributed by atoms with Gasteiger partial charge in [0.15, 0.2) is 6.61 Å². The highest BCUT2D eigenvalue weighted by Crippen LogP contribution is 2.31. The van der Waals surface area contributed by atoms with Crippen molar-refractivity contribution in [1.29, 1.82) is 0 Å². The second-order valence-corrected chi connectivity index (χ2v) is 5.69. The fourth-order valence-corrected chi connectivity index (χ4v) is 2.93. The van der Waals surface area contributed by atoms with Crippen LogP contribution in [0.5, 0.6) is 11.5 Å². The van der Waals surface area contributed by atoms with E-state index in [1.54, 1.807) is 17.0 Å². The van der Waals surface area contributed by atoms with E-state index in [0.717, 1.165) is 35.5 Å². The number of benzene rings is 2. The molecule has 6 heteroatoms. The van der Waals surface area contributed by atoms with Gasteiger partial charge in [0, 0.05) is 17.9 Å². The van der Waals surface area contributed by atoms with Gasteiger partial charge in [0.25, 0.3) is 5.91 Å². The Balaban J connectivity index is 0.00000225. The summed E-state index contributed by atoms with van der Waals surface area (Å²) in [5.41, 5.74) is 8.73. The average molecular weight is 363 g/mol. The molecular formula is C19H23ClN2O3. The van der Waals surface area contributed by atoms with Crippen LogP contribution in [0.1, 0.15) is 18.9 Å². The molecule has 0 radical (unpaired) electrons. The smallest absolute Gasteiger partial charge is 0.264 e. The Bertz CT molecular complexity index is 719. The van der Waals surface area contributed by atoms with Gasteiger partial charge in [-0.1, -0.05) is 6.07 Å². The number of carbonyl (C=O) groups is 1. The van der Waals surface area contributed by atoms with E-state index >= 15 is 0 Å². The number of rotatable bonds is 5. The second kappa shape index (κ2) is 8.62. The van der Waals surface area contributed by atoms with Gasteiger partial charge in [0.1, 0.15) is 11.5 Å². The monoisotopic (exact) mass is 362 g/mol. The molecule has 0 saturated carbocycles. The second-order valence-electron chi connectivity index (χ2n) is 5.69. The highest BCUT2D eigenvalue weighted by atomic mass is 35.5. The number of amides is 1. The third-order valence-electron chi connectivity index (χ3n) is 4.08. The molecule has 0 unspecified atom stereocenters. The first-order valence-electron chi connectivity index (χ1n) is 8.22. The van der Waals surface area contributed by atoms with Crippen LogP contribution in [-0.2, 0) is 11.2 Å². The van der Waals surface area contributed by atoms with E-state index in [9.17, 15) is 4.79 Å². The average Bonchev–Trinajstić information content (AvgIpc) is 2.61. The molecule has 1 aliphatic rings. The van der Waals surface area contributed by atoms with Crippen LogP contribution in [0.4, 0.5) is 11.4 Å². The zero-order valence-corrected chi connectivity index (χ0v) is 15.1. The summed E-state index contributed by atoms with van der Waals surface area (Å²) in [5, 5.41) is 0. The largest absolute Gasteiger partial charge is 0.494 e. The molecule has 0 atom stereocenters. The maximum atomic E-state index is 12.6. The number of carbonyl (C=O) groups excluding carboxylic acids is 1. The number of hydrogen-bond donors (Lipinski definition) is 1. The lowest BCUT2D eigenvalue weighted by molar-refractivity contribution is -0.120. The van der Waals surface area contributed by atoms with Crippen LogP contribution in [0.3, 0.4) is 0 Å². The van der Waals surface area contributed by atoms with Crippen molar-refractivity contribution < 1.29 is 14.3 Å². The number of nitrogen functional groups attached to an aromatic ring is 1. The molecule has 3 rings (SSSR count). The van der Waals surface area contributed by atoms with E-state index in [1.165, 1.54) is 0 Å². The lowest BCUT2D eigenvalue weighted by Gasteiger charge is -2.30. The Morgan fingerprint density at radius 2 is 1.80 bits per heavy atom. The Morgan fingerprint density at radius 1 is 1.12 bits per heavy atom. The molecule has 1 aliphatic heterocycles. The van der Waals surface area contributed by atoms with Crippen LogP contribution in [0.25, 0.3) is 0 Å². The Kier molecular flexibility index (Phi) is 6.53. The number of halogens is 1. The summed E-state index contributed by atoms with van der Waals surface area (Å²) in [6.07, 6.45) is 1.82. The van der Waals surface area contributed by atoms with Crippen molar-refractivity contribution in [3.8, 4) is 11.5 Å². The van der Waals surface area contributed by atoms with Gasteiger partial charge in [-0.15, -0.1) is 12.4 Å². The summed E-state index contributed by atoms with van der Waals surface area (Å²) in [4.78, 5) is 14.3. The maximum Gasteiger partial charge on any atom is 0.264 e. The van der Waals surface area contributed by atoms with Crippen molar-refractivity contribution in [1.82, 2.24) is 0 Å². The molecule has 0 bridgehead atoms. The molecule has 25 heavy (non-hydrogen) atoms. The minimum absolute atomic E-state index is 0. The van der Waals surface area contributed by atoms with E-state index in [-0.39, 0.29) is 24.9 Å². The normalized spacial score (nSPS) is 12.8. The van der Waals surface area contributed by atoms with Gasteiger partial charge in [0.2, 0.25) is 0 Å². The zero-order valence-electron chi connectivity index (χ0n) is 14.2. The fourth-order valence-electron chi connectivity index (χ4n) is 2.93. The molecule has 5 nitrogen and oxygen atoms in total. The maximum absolute atomic E-state index is 12.6. The highest BCUT2D eigenvalue weighted by molar-refractivity contribution is 5.96. The van der Waals surface area contributed by atoms with E-state index in [2.05, 4.69) is 0 Å². The highest BCUT2D eigenvalue weighted by Gasteiger charge is 2.23. The predicted octanol–water partition coefficient (Wildman–Crippen LogP) is 3.45. The van der Waals surface area contributed by atoms with Crippen molar-refractivity contribution in [3.05, 3.63) is 48.0 Å². The van der Waals surface area contributed by atoms with Crippen LogP contribution < -0.4 is 20.1 Å². The number of fused-ring (bicyclic) bond motifs is 1. The summed E-state index contributed by atoms with van der Waals surface area (Å²) in [7, 11) is 0. The topological polar surface area (TPSA) is 64.8 Å². The van der Waals surface area contributed by atoms with Crippen molar-refractivity contribution >= 4 is 29.7 Å². The standard InChI is InChI=1S/C19H22N2O3.ClH/c1-2-23-14-8-10-15(11-9-14)24-13-19(22)21-12-4-5-16-17(20)6-3-7-18(16)21;/h3,6-11H,2,4-5,12-13,20H2,1H3;1H. The van der Waals surface area contributed by atoms with Crippen molar-refractivity contribution in [2.75, 3.05) is 30.4 Å². The number of ether oxygens (including phenoxy) is 2. The third kappa shape index (κ3) is 4.37. The molecule has 2 N–H and O–H groups in total. The summed E-state index contributed by atoms with van der Waals surface area (Å²) < 4.78 is 11.0. The van der Waals surface area contributed by atoms with Crippen molar-refractivity contribution in [3.63, 3.8) is 0 Å². The van der Waals surface area contributed by atoms with Crippen LogP contribution in [0, 0.1) is 0 Å². The Morgan fingerprint density at radius 3 is 2.48 bits per heavy atom. The quantitative estimate of drug-likeness (QED) is 0.827. The first-order valence-corrected chi connectivity index (χ1v) is 8.22. The lowest BCUT2D eigenvalue weighted by atomic mass is 10.00. The predicted molar refractivity (Wildman–Crippen MR) is 102 cm³/mol. The zero-order chi connectivity index (χ0) is 16.9. The van der Waals surface area contributed by atoms with Gasteiger partial charge in [0.05, 0.1) is 6.61 Å². The van der Waals surface area contributed by atoms with Gasteiger partial charge in [-0.05, 0) is 61.7 Å². The molecule has 2 aromatic carbocycles. The minimum Gasteiger partial charge on any atom is -0.494 e. The number of anilines is 2. The van der Waals surface area contributed by atoms with E-state index in [0.29, 0.717) is 18.9 Å². The lowest BCUT2D eigenvalue weighted by Crippen LogP contribution is -2.38. The fraction of sp³-hybridized carbons (Fsp3) is 0.316. The third-order valence-corrected chi connectivity index (χ3v) is 4.08. The van der Waals surface area contributed by atoms with Gasteiger partial charge in [-0.3, -0.25) is 4.79 Å². The summed E-state index contributed by atoms with van der Waals surface area (Å²) in [6.45, 7) is 3.26. The van der Waals surface area contributed by atoms with Gasteiger partial charge >= 0.3 is 0 Å². The molecule has 2 aromatic rings. The summed E-state index contributed by atoms with van der Waals surface area (Å²) in [6, 6.07) is 13.0. The van der Waals surface area contributed by atoms with Gasteiger partial charge in [-0.2, -0.15) is 0 Å². The minimum atomic E-state index is -0.0598. The summed E-state index contributed by atoms with van der Waals surface area (Å²) in [5.74, 6) is 1.38.